The van der Waals surface area contributed by atoms with E-state index in [1.807, 2.05) is 35.0 Å². The van der Waals surface area contributed by atoms with Crippen LogP contribution in [0.25, 0.3) is 39.2 Å². The highest BCUT2D eigenvalue weighted by Crippen LogP contribution is 2.36. The van der Waals surface area contributed by atoms with Crippen LogP contribution in [0.2, 0.25) is 0 Å². The Bertz CT molecular complexity index is 1440. The SMILES string of the molecule is COc1cc2nc(-n3cc(-c4cc[nH]c(=O)c4)cn3)nc(-c3ccsc3)c2cc1OC. The predicted octanol–water partition coefficient (Wildman–Crippen LogP) is 3.92. The van der Waals surface area contributed by atoms with Gasteiger partial charge in [-0.15, -0.1) is 0 Å². The standard InChI is InChI=1S/C22H17N5O3S/c1-29-18-8-16-17(9-19(18)30-2)25-22(26-21(16)14-4-6-31-12-14)27-11-15(10-24-27)13-3-5-23-20(28)7-13/h3-12H,1-2H3,(H,23,28). The van der Waals surface area contributed by atoms with Gasteiger partial charge in [-0.3, -0.25) is 4.79 Å². The molecule has 0 unspecified atom stereocenters. The average Bonchev–Trinajstić information content (AvgIpc) is 3.50. The summed E-state index contributed by atoms with van der Waals surface area (Å²) in [4.78, 5) is 23.8. The van der Waals surface area contributed by atoms with Gasteiger partial charge in [-0.1, -0.05) is 0 Å². The summed E-state index contributed by atoms with van der Waals surface area (Å²) in [6.07, 6.45) is 5.09. The fourth-order valence-corrected chi connectivity index (χ4v) is 4.01. The maximum atomic E-state index is 11.6. The highest BCUT2D eigenvalue weighted by Gasteiger charge is 2.16. The molecular formula is C22H17N5O3S. The lowest BCUT2D eigenvalue weighted by molar-refractivity contribution is 0.356. The summed E-state index contributed by atoms with van der Waals surface area (Å²) in [5, 5.41) is 9.31. The lowest BCUT2D eigenvalue weighted by Gasteiger charge is -2.12. The molecule has 0 spiro atoms. The first kappa shape index (κ1) is 19.0. The Morgan fingerprint density at radius 1 is 1.00 bits per heavy atom. The molecule has 31 heavy (non-hydrogen) atoms. The second-order valence-corrected chi connectivity index (χ2v) is 7.50. The monoisotopic (exact) mass is 431 g/mol. The molecule has 0 atom stereocenters. The second kappa shape index (κ2) is 7.69. The molecule has 8 nitrogen and oxygen atoms in total. The Morgan fingerprint density at radius 2 is 1.84 bits per heavy atom. The van der Waals surface area contributed by atoms with Crippen LogP contribution in [0.3, 0.4) is 0 Å². The molecule has 0 bridgehead atoms. The number of aromatic nitrogens is 5. The molecule has 5 rings (SSSR count). The van der Waals surface area contributed by atoms with Crippen molar-refractivity contribution in [3.05, 3.63) is 70.0 Å². The third kappa shape index (κ3) is 3.44. The number of rotatable bonds is 5. The number of H-pyrrole nitrogens is 1. The molecular weight excluding hydrogens is 414 g/mol. The summed E-state index contributed by atoms with van der Waals surface area (Å²) >= 11 is 1.59. The molecule has 0 aliphatic carbocycles. The van der Waals surface area contributed by atoms with Gasteiger partial charge in [-0.05, 0) is 29.1 Å². The molecule has 1 aromatic carbocycles. The van der Waals surface area contributed by atoms with E-state index in [0.717, 1.165) is 27.8 Å². The molecule has 154 valence electrons. The lowest BCUT2D eigenvalue weighted by atomic mass is 10.1. The van der Waals surface area contributed by atoms with Crippen molar-refractivity contribution in [2.75, 3.05) is 14.2 Å². The van der Waals surface area contributed by atoms with Gasteiger partial charge < -0.3 is 14.5 Å². The van der Waals surface area contributed by atoms with Crippen LogP contribution < -0.4 is 15.0 Å². The van der Waals surface area contributed by atoms with Crippen LogP contribution in [-0.4, -0.2) is 39.0 Å². The minimum Gasteiger partial charge on any atom is -0.493 e. The van der Waals surface area contributed by atoms with Gasteiger partial charge in [0.05, 0.1) is 31.6 Å². The summed E-state index contributed by atoms with van der Waals surface area (Å²) in [5.74, 6) is 1.61. The number of pyridine rings is 1. The molecule has 0 saturated carbocycles. The maximum Gasteiger partial charge on any atom is 0.251 e. The summed E-state index contributed by atoms with van der Waals surface area (Å²) in [6.45, 7) is 0. The Morgan fingerprint density at radius 3 is 2.58 bits per heavy atom. The first-order valence-electron chi connectivity index (χ1n) is 9.37. The fourth-order valence-electron chi connectivity index (χ4n) is 3.37. The Hall–Kier alpha value is -3.98. The van der Waals surface area contributed by atoms with Crippen molar-refractivity contribution in [3.8, 4) is 39.8 Å². The Balaban J connectivity index is 1.70. The topological polar surface area (TPSA) is 94.9 Å². The van der Waals surface area contributed by atoms with Crippen LogP contribution >= 0.6 is 11.3 Å². The molecule has 0 radical (unpaired) electrons. The molecule has 0 amide bonds. The highest BCUT2D eigenvalue weighted by molar-refractivity contribution is 7.08. The number of nitrogens with zero attached hydrogens (tertiary/aromatic N) is 4. The van der Waals surface area contributed by atoms with Crippen LogP contribution in [0.1, 0.15) is 0 Å². The zero-order chi connectivity index (χ0) is 21.4. The zero-order valence-corrected chi connectivity index (χ0v) is 17.5. The van der Waals surface area contributed by atoms with Crippen molar-refractivity contribution >= 4 is 22.2 Å². The van der Waals surface area contributed by atoms with Crippen LogP contribution in [0, 0.1) is 0 Å². The second-order valence-electron chi connectivity index (χ2n) is 6.72. The van der Waals surface area contributed by atoms with Crippen molar-refractivity contribution in [1.29, 1.82) is 0 Å². The van der Waals surface area contributed by atoms with E-state index in [2.05, 4.69) is 10.1 Å². The van der Waals surface area contributed by atoms with Gasteiger partial charge in [0, 0.05) is 46.4 Å². The largest absolute Gasteiger partial charge is 0.493 e. The van der Waals surface area contributed by atoms with Crippen molar-refractivity contribution in [3.63, 3.8) is 0 Å². The van der Waals surface area contributed by atoms with E-state index < -0.39 is 0 Å². The number of thiophene rings is 1. The summed E-state index contributed by atoms with van der Waals surface area (Å²) in [6, 6.07) is 9.07. The van der Waals surface area contributed by atoms with Gasteiger partial charge >= 0.3 is 0 Å². The van der Waals surface area contributed by atoms with Gasteiger partial charge in [-0.25, -0.2) is 14.6 Å². The number of fused-ring (bicyclic) bond motifs is 1. The molecule has 0 aliphatic rings. The van der Waals surface area contributed by atoms with Crippen molar-refractivity contribution in [2.45, 2.75) is 0 Å². The minimum atomic E-state index is -0.173. The van der Waals surface area contributed by atoms with Crippen molar-refractivity contribution in [2.24, 2.45) is 0 Å². The zero-order valence-electron chi connectivity index (χ0n) is 16.7. The summed E-state index contributed by atoms with van der Waals surface area (Å²) < 4.78 is 12.5. The normalized spacial score (nSPS) is 11.0. The van der Waals surface area contributed by atoms with Gasteiger partial charge in [0.1, 0.15) is 0 Å². The van der Waals surface area contributed by atoms with E-state index in [9.17, 15) is 4.79 Å². The molecule has 4 heterocycles. The van der Waals surface area contributed by atoms with E-state index in [1.54, 1.807) is 48.8 Å². The summed E-state index contributed by atoms with van der Waals surface area (Å²) in [7, 11) is 3.19. The Labute approximate surface area is 180 Å². The van der Waals surface area contributed by atoms with Crippen LogP contribution in [0.4, 0.5) is 0 Å². The smallest absolute Gasteiger partial charge is 0.251 e. The van der Waals surface area contributed by atoms with Crippen LogP contribution in [0.5, 0.6) is 11.5 Å². The lowest BCUT2D eigenvalue weighted by Crippen LogP contribution is -2.04. The molecule has 5 aromatic rings. The molecule has 0 aliphatic heterocycles. The number of aromatic amines is 1. The fraction of sp³-hybridized carbons (Fsp3) is 0.0909. The van der Waals surface area contributed by atoms with Gasteiger partial charge in [0.25, 0.3) is 5.95 Å². The van der Waals surface area contributed by atoms with E-state index >= 15 is 0 Å². The predicted molar refractivity (Wildman–Crippen MR) is 119 cm³/mol. The summed E-state index contributed by atoms with van der Waals surface area (Å²) in [5.41, 5.74) is 3.84. The van der Waals surface area contributed by atoms with Gasteiger partial charge in [-0.2, -0.15) is 16.4 Å². The third-order valence-electron chi connectivity index (χ3n) is 4.88. The van der Waals surface area contributed by atoms with E-state index in [1.165, 1.54) is 6.07 Å². The number of methoxy groups -OCH3 is 2. The van der Waals surface area contributed by atoms with Crippen molar-refractivity contribution in [1.82, 2.24) is 24.7 Å². The maximum absolute atomic E-state index is 11.6. The highest BCUT2D eigenvalue weighted by atomic mass is 32.1. The van der Waals surface area contributed by atoms with Crippen LogP contribution in [-0.2, 0) is 0 Å². The molecule has 1 N–H and O–H groups in total. The van der Waals surface area contributed by atoms with E-state index in [-0.39, 0.29) is 5.56 Å². The molecule has 0 saturated heterocycles. The van der Waals surface area contributed by atoms with Gasteiger partial charge in [0.15, 0.2) is 11.5 Å². The molecule has 9 heteroatoms. The molecule has 4 aromatic heterocycles. The average molecular weight is 431 g/mol. The first-order chi connectivity index (χ1) is 15.2. The number of ether oxygens (including phenoxy) is 2. The number of benzene rings is 1. The van der Waals surface area contributed by atoms with Gasteiger partial charge in [0.2, 0.25) is 5.56 Å². The number of nitrogens with one attached hydrogen (secondary N) is 1. The van der Waals surface area contributed by atoms with E-state index in [0.29, 0.717) is 23.0 Å². The minimum absolute atomic E-state index is 0.173. The van der Waals surface area contributed by atoms with E-state index in [4.69, 9.17) is 19.4 Å². The third-order valence-corrected chi connectivity index (χ3v) is 5.56. The Kier molecular flexibility index (Phi) is 4.72. The first-order valence-corrected chi connectivity index (χ1v) is 10.3. The molecule has 0 fully saturated rings. The van der Waals surface area contributed by atoms with Crippen molar-refractivity contribution < 1.29 is 9.47 Å². The number of hydrogen-bond donors (Lipinski definition) is 1. The quantitative estimate of drug-likeness (QED) is 0.453. The van der Waals surface area contributed by atoms with Crippen LogP contribution in [0.15, 0.2) is 64.5 Å². The number of hydrogen-bond acceptors (Lipinski definition) is 7.